The van der Waals surface area contributed by atoms with Gasteiger partial charge in [0.05, 0.1) is 13.2 Å². The van der Waals surface area contributed by atoms with Gasteiger partial charge in [-0.15, -0.1) is 11.8 Å². The summed E-state index contributed by atoms with van der Waals surface area (Å²) in [5, 5.41) is 0.829. The summed E-state index contributed by atoms with van der Waals surface area (Å²) in [5.41, 5.74) is 0. The third kappa shape index (κ3) is 3.44. The van der Waals surface area contributed by atoms with Crippen molar-refractivity contribution in [1.82, 2.24) is 4.90 Å². The summed E-state index contributed by atoms with van der Waals surface area (Å²) in [6, 6.07) is 0. The molecule has 0 amide bonds. The van der Waals surface area contributed by atoms with E-state index in [-0.39, 0.29) is 5.82 Å². The van der Waals surface area contributed by atoms with Crippen LogP contribution in [0.1, 0.15) is 13.3 Å². The van der Waals surface area contributed by atoms with Crippen LogP contribution in [0.5, 0.6) is 0 Å². The molecule has 0 aromatic rings. The molecule has 16 heavy (non-hydrogen) atoms. The van der Waals surface area contributed by atoms with Crippen LogP contribution in [-0.2, 0) is 4.74 Å². The SMILES string of the molecule is [C-]#[N+]C([N+]#[C-])=C(SCCC)N1CCOCC1. The normalized spacial score (nSPS) is 15.1. The molecule has 1 heterocycles. The zero-order valence-electron chi connectivity index (χ0n) is 9.40. The fourth-order valence-corrected chi connectivity index (χ4v) is 2.37. The van der Waals surface area contributed by atoms with Gasteiger partial charge in [0.2, 0.25) is 0 Å². The van der Waals surface area contributed by atoms with Crippen LogP contribution in [0.4, 0.5) is 0 Å². The topological polar surface area (TPSA) is 21.2 Å². The summed E-state index contributed by atoms with van der Waals surface area (Å²) in [4.78, 5) is 8.71. The highest BCUT2D eigenvalue weighted by Crippen LogP contribution is 2.27. The smallest absolute Gasteiger partial charge is 0.378 e. The maximum atomic E-state index is 7.03. The second kappa shape index (κ2) is 7.16. The van der Waals surface area contributed by atoms with Crippen molar-refractivity contribution in [3.63, 3.8) is 0 Å². The number of rotatable bonds is 4. The van der Waals surface area contributed by atoms with E-state index < -0.39 is 0 Å². The van der Waals surface area contributed by atoms with Gasteiger partial charge in [-0.25, -0.2) is 0 Å². The van der Waals surface area contributed by atoms with Gasteiger partial charge in [0.1, 0.15) is 13.1 Å². The molecule has 0 aromatic heterocycles. The van der Waals surface area contributed by atoms with E-state index >= 15 is 0 Å². The molecule has 1 aliphatic rings. The molecule has 0 aromatic carbocycles. The molecule has 0 unspecified atom stereocenters. The molecule has 1 rings (SSSR count). The van der Waals surface area contributed by atoms with Gasteiger partial charge in [0.25, 0.3) is 0 Å². The number of morpholine rings is 1. The van der Waals surface area contributed by atoms with Crippen LogP contribution < -0.4 is 0 Å². The Kier molecular flexibility index (Phi) is 5.77. The minimum Gasteiger partial charge on any atom is -0.378 e. The van der Waals surface area contributed by atoms with Gasteiger partial charge >= 0.3 is 5.82 Å². The second-order valence-electron chi connectivity index (χ2n) is 3.30. The molecule has 0 N–H and O–H groups in total. The Labute approximate surface area is 101 Å². The van der Waals surface area contributed by atoms with Crippen molar-refractivity contribution in [3.8, 4) is 0 Å². The van der Waals surface area contributed by atoms with Gasteiger partial charge in [-0.1, -0.05) is 6.92 Å². The molecule has 1 aliphatic heterocycles. The fraction of sp³-hybridized carbons (Fsp3) is 0.636. The molecular formula is C11H15N3OS. The number of thioether (sulfide) groups is 1. The lowest BCUT2D eigenvalue weighted by Crippen LogP contribution is -2.35. The predicted octanol–water partition coefficient (Wildman–Crippen LogP) is 2.43. The number of hydrogen-bond donors (Lipinski definition) is 0. The first-order valence-corrected chi connectivity index (χ1v) is 6.26. The average molecular weight is 237 g/mol. The standard InChI is InChI=1S/C11H15N3OS/c1-4-9-16-11(10(12-2)13-3)14-5-7-15-8-6-14/h4-9H2,1H3. The van der Waals surface area contributed by atoms with Crippen LogP contribution >= 0.6 is 11.8 Å². The van der Waals surface area contributed by atoms with Gasteiger partial charge in [-0.3, -0.25) is 0 Å². The van der Waals surface area contributed by atoms with Gasteiger partial charge < -0.3 is 9.64 Å². The van der Waals surface area contributed by atoms with E-state index in [4.69, 9.17) is 17.9 Å². The van der Waals surface area contributed by atoms with Crippen molar-refractivity contribution in [3.05, 3.63) is 33.7 Å². The quantitative estimate of drug-likeness (QED) is 0.701. The lowest BCUT2D eigenvalue weighted by Gasteiger charge is -2.29. The summed E-state index contributed by atoms with van der Waals surface area (Å²) in [6.45, 7) is 19.1. The predicted molar refractivity (Wildman–Crippen MR) is 65.4 cm³/mol. The van der Waals surface area contributed by atoms with Crippen molar-refractivity contribution >= 4 is 11.8 Å². The first kappa shape index (κ1) is 12.9. The summed E-state index contributed by atoms with van der Waals surface area (Å²) >= 11 is 1.61. The van der Waals surface area contributed by atoms with Gasteiger partial charge in [-0.05, 0) is 12.2 Å². The van der Waals surface area contributed by atoms with Crippen LogP contribution in [0.2, 0.25) is 0 Å². The van der Waals surface area contributed by atoms with Crippen LogP contribution in [0.3, 0.4) is 0 Å². The van der Waals surface area contributed by atoms with E-state index in [9.17, 15) is 0 Å². The number of ether oxygens (including phenoxy) is 1. The van der Waals surface area contributed by atoms with Gasteiger partial charge in [0, 0.05) is 13.1 Å². The Hall–Kier alpha value is -1.17. The Balaban J connectivity index is 2.82. The summed E-state index contributed by atoms with van der Waals surface area (Å²) in [6.07, 6.45) is 1.04. The Morgan fingerprint density at radius 3 is 2.44 bits per heavy atom. The molecule has 5 heteroatoms. The largest absolute Gasteiger partial charge is 0.549 e. The van der Waals surface area contributed by atoms with E-state index in [1.807, 2.05) is 0 Å². The lowest BCUT2D eigenvalue weighted by atomic mass is 10.4. The highest BCUT2D eigenvalue weighted by atomic mass is 32.2. The molecule has 0 saturated carbocycles. The maximum Gasteiger partial charge on any atom is 0.549 e. The Morgan fingerprint density at radius 1 is 1.31 bits per heavy atom. The van der Waals surface area contributed by atoms with Gasteiger partial charge in [-0.2, -0.15) is 9.69 Å². The molecular weight excluding hydrogens is 222 g/mol. The number of hydrogen-bond acceptors (Lipinski definition) is 3. The Morgan fingerprint density at radius 2 is 1.94 bits per heavy atom. The molecule has 0 aliphatic carbocycles. The van der Waals surface area contributed by atoms with E-state index in [0.717, 1.165) is 30.3 Å². The Bertz CT molecular complexity index is 318. The maximum absolute atomic E-state index is 7.03. The highest BCUT2D eigenvalue weighted by molar-refractivity contribution is 8.03. The summed E-state index contributed by atoms with van der Waals surface area (Å²) in [5.74, 6) is 1.14. The molecule has 0 atom stereocenters. The fourth-order valence-electron chi connectivity index (χ4n) is 1.38. The van der Waals surface area contributed by atoms with Crippen LogP contribution in [0.15, 0.2) is 10.9 Å². The third-order valence-electron chi connectivity index (χ3n) is 2.14. The van der Waals surface area contributed by atoms with Crippen molar-refractivity contribution in [1.29, 1.82) is 0 Å². The minimum absolute atomic E-state index is 0.195. The van der Waals surface area contributed by atoms with Crippen LogP contribution in [0, 0.1) is 13.1 Å². The van der Waals surface area contributed by atoms with Crippen molar-refractivity contribution in [2.45, 2.75) is 13.3 Å². The summed E-state index contributed by atoms with van der Waals surface area (Å²) < 4.78 is 5.27. The second-order valence-corrected chi connectivity index (χ2v) is 4.38. The molecule has 0 bridgehead atoms. The molecule has 0 radical (unpaired) electrons. The zero-order chi connectivity index (χ0) is 11.8. The first-order valence-electron chi connectivity index (χ1n) is 5.28. The molecule has 0 spiro atoms. The van der Waals surface area contributed by atoms with Crippen molar-refractivity contribution in [2.75, 3.05) is 32.1 Å². The first-order chi connectivity index (χ1) is 7.83. The van der Waals surface area contributed by atoms with Crippen LogP contribution in [0.25, 0.3) is 9.69 Å². The number of nitrogens with zero attached hydrogens (tertiary/aromatic N) is 3. The third-order valence-corrected chi connectivity index (χ3v) is 3.47. The van der Waals surface area contributed by atoms with Crippen molar-refractivity contribution in [2.24, 2.45) is 0 Å². The molecule has 1 fully saturated rings. The van der Waals surface area contributed by atoms with Crippen LogP contribution in [-0.4, -0.2) is 37.0 Å². The van der Waals surface area contributed by atoms with E-state index in [1.54, 1.807) is 11.8 Å². The monoisotopic (exact) mass is 237 g/mol. The van der Waals surface area contributed by atoms with Gasteiger partial charge in [0.15, 0.2) is 5.03 Å². The highest BCUT2D eigenvalue weighted by Gasteiger charge is 2.23. The summed E-state index contributed by atoms with van der Waals surface area (Å²) in [7, 11) is 0. The molecule has 4 nitrogen and oxygen atoms in total. The minimum atomic E-state index is 0.195. The van der Waals surface area contributed by atoms with E-state index in [1.165, 1.54) is 0 Å². The lowest BCUT2D eigenvalue weighted by molar-refractivity contribution is 0.0574. The zero-order valence-corrected chi connectivity index (χ0v) is 10.2. The van der Waals surface area contributed by atoms with E-state index in [0.29, 0.717) is 13.2 Å². The average Bonchev–Trinajstić information content (AvgIpc) is 2.35. The van der Waals surface area contributed by atoms with Crippen molar-refractivity contribution < 1.29 is 4.74 Å². The molecule has 1 saturated heterocycles. The van der Waals surface area contributed by atoms with E-state index in [2.05, 4.69) is 21.5 Å². The molecule has 86 valence electrons.